The highest BCUT2D eigenvalue weighted by atomic mass is 16.1. The first-order valence-electron chi connectivity index (χ1n) is 9.51. The van der Waals surface area contributed by atoms with Crippen molar-refractivity contribution in [1.29, 1.82) is 0 Å². The third-order valence-corrected chi connectivity index (χ3v) is 5.58. The molecule has 2 heterocycles. The van der Waals surface area contributed by atoms with Crippen LogP contribution in [0.15, 0.2) is 41.2 Å². The van der Waals surface area contributed by atoms with Crippen molar-refractivity contribution in [3.8, 4) is 0 Å². The second-order valence-electron chi connectivity index (χ2n) is 7.40. The minimum absolute atomic E-state index is 0.0923. The number of piperidine rings is 1. The molecule has 0 amide bonds. The zero-order valence-electron chi connectivity index (χ0n) is 14.8. The summed E-state index contributed by atoms with van der Waals surface area (Å²) in [7, 11) is 0. The van der Waals surface area contributed by atoms with E-state index in [1.807, 2.05) is 0 Å². The second-order valence-corrected chi connectivity index (χ2v) is 7.40. The molecule has 1 saturated heterocycles. The van der Waals surface area contributed by atoms with Gasteiger partial charge in [-0.3, -0.25) is 9.69 Å². The van der Waals surface area contributed by atoms with Crippen LogP contribution in [0.4, 0.5) is 0 Å². The van der Waals surface area contributed by atoms with E-state index in [4.69, 9.17) is 0 Å². The third kappa shape index (κ3) is 4.02. The fourth-order valence-corrected chi connectivity index (χ4v) is 4.08. The number of likely N-dealkylation sites (tertiary alicyclic amines) is 1. The summed E-state index contributed by atoms with van der Waals surface area (Å²) in [6.07, 6.45) is 5.60. The van der Waals surface area contributed by atoms with Crippen molar-refractivity contribution in [2.75, 3.05) is 13.1 Å². The maximum absolute atomic E-state index is 12.2. The van der Waals surface area contributed by atoms with Crippen LogP contribution in [0.1, 0.15) is 41.6 Å². The van der Waals surface area contributed by atoms with Gasteiger partial charge in [-0.15, -0.1) is 0 Å². The smallest absolute Gasteiger partial charge is 0.252 e. The van der Waals surface area contributed by atoms with Crippen molar-refractivity contribution in [3.63, 3.8) is 0 Å². The highest BCUT2D eigenvalue weighted by molar-refractivity contribution is 5.29. The molecule has 0 saturated carbocycles. The molecule has 4 rings (SSSR count). The van der Waals surface area contributed by atoms with Gasteiger partial charge in [-0.25, -0.2) is 0 Å². The third-order valence-electron chi connectivity index (χ3n) is 5.58. The van der Waals surface area contributed by atoms with Crippen LogP contribution in [0.2, 0.25) is 0 Å². The minimum Gasteiger partial charge on any atom is -0.326 e. The molecule has 2 aromatic rings. The van der Waals surface area contributed by atoms with Gasteiger partial charge in [0.05, 0.1) is 0 Å². The summed E-state index contributed by atoms with van der Waals surface area (Å²) < 4.78 is 0. The first-order valence-corrected chi connectivity index (χ1v) is 9.51. The Morgan fingerprint density at radius 1 is 1.12 bits per heavy atom. The number of nitrogens with one attached hydrogen (secondary N) is 2. The molecular weight excluding hydrogens is 310 g/mol. The van der Waals surface area contributed by atoms with E-state index in [1.54, 1.807) is 0 Å². The molecule has 0 radical (unpaired) electrons. The Kier molecular flexibility index (Phi) is 4.99. The van der Waals surface area contributed by atoms with E-state index in [2.05, 4.69) is 51.6 Å². The number of aryl methyl sites for hydroxylation is 2. The molecule has 1 aliphatic heterocycles. The van der Waals surface area contributed by atoms with Crippen molar-refractivity contribution in [1.82, 2.24) is 15.2 Å². The van der Waals surface area contributed by atoms with Crippen LogP contribution in [0.5, 0.6) is 0 Å². The Morgan fingerprint density at radius 3 is 2.72 bits per heavy atom. The van der Waals surface area contributed by atoms with Gasteiger partial charge in [-0.2, -0.15) is 0 Å². The van der Waals surface area contributed by atoms with Gasteiger partial charge >= 0.3 is 0 Å². The lowest BCUT2D eigenvalue weighted by molar-refractivity contribution is 0.190. The molecule has 0 spiro atoms. The normalized spacial score (nSPS) is 18.4. The topological polar surface area (TPSA) is 48.1 Å². The van der Waals surface area contributed by atoms with Crippen molar-refractivity contribution in [2.24, 2.45) is 0 Å². The molecule has 4 nitrogen and oxygen atoms in total. The van der Waals surface area contributed by atoms with Gasteiger partial charge in [-0.1, -0.05) is 30.3 Å². The summed E-state index contributed by atoms with van der Waals surface area (Å²) in [6, 6.07) is 13.3. The first kappa shape index (κ1) is 16.6. The lowest BCUT2D eigenvalue weighted by Gasteiger charge is -2.32. The monoisotopic (exact) mass is 337 g/mol. The largest absolute Gasteiger partial charge is 0.326 e. The van der Waals surface area contributed by atoms with E-state index in [0.717, 1.165) is 56.6 Å². The molecule has 1 aromatic heterocycles. The first-order chi connectivity index (χ1) is 12.3. The summed E-state index contributed by atoms with van der Waals surface area (Å²) in [4.78, 5) is 17.8. The van der Waals surface area contributed by atoms with Gasteiger partial charge in [0.15, 0.2) is 0 Å². The Morgan fingerprint density at radius 2 is 1.92 bits per heavy atom. The molecule has 0 bridgehead atoms. The standard InChI is InChI=1S/C21H27N3O/c25-21-18(13-17-7-4-8-20(17)23-21)14-22-19-9-11-24(12-10-19)15-16-5-2-1-3-6-16/h1-3,5-6,13,19,22H,4,7-12,14-15H2,(H,23,25). The summed E-state index contributed by atoms with van der Waals surface area (Å²) in [5.74, 6) is 0. The van der Waals surface area contributed by atoms with E-state index in [1.165, 1.54) is 17.5 Å². The SMILES string of the molecule is O=c1[nH]c2c(cc1CNC1CCN(Cc3ccccc3)CC1)CCC2. The minimum atomic E-state index is 0.0923. The summed E-state index contributed by atoms with van der Waals surface area (Å²) in [5.41, 5.74) is 4.87. The number of fused-ring (bicyclic) bond motifs is 1. The van der Waals surface area contributed by atoms with Gasteiger partial charge in [0.25, 0.3) is 5.56 Å². The van der Waals surface area contributed by atoms with Crippen LogP contribution in [0, 0.1) is 0 Å². The molecule has 1 aliphatic carbocycles. The Labute approximate surface area is 149 Å². The fourth-order valence-electron chi connectivity index (χ4n) is 4.08. The number of aromatic nitrogens is 1. The highest BCUT2D eigenvalue weighted by Gasteiger charge is 2.20. The van der Waals surface area contributed by atoms with Crippen LogP contribution < -0.4 is 10.9 Å². The molecule has 25 heavy (non-hydrogen) atoms. The van der Waals surface area contributed by atoms with Crippen LogP contribution in [-0.4, -0.2) is 29.0 Å². The molecule has 0 unspecified atom stereocenters. The lowest BCUT2D eigenvalue weighted by atomic mass is 10.0. The molecule has 0 atom stereocenters. The summed E-state index contributed by atoms with van der Waals surface area (Å²) in [6.45, 7) is 3.96. The van der Waals surface area contributed by atoms with Gasteiger partial charge in [0.1, 0.15) is 0 Å². The summed E-state index contributed by atoms with van der Waals surface area (Å²) >= 11 is 0. The Bertz CT molecular complexity index is 760. The van der Waals surface area contributed by atoms with Crippen LogP contribution >= 0.6 is 0 Å². The van der Waals surface area contributed by atoms with E-state index >= 15 is 0 Å². The Hall–Kier alpha value is -1.91. The second kappa shape index (κ2) is 7.54. The Balaban J connectivity index is 1.27. The van der Waals surface area contributed by atoms with Gasteiger partial charge in [0, 0.05) is 30.4 Å². The zero-order valence-corrected chi connectivity index (χ0v) is 14.8. The predicted molar refractivity (Wildman–Crippen MR) is 101 cm³/mol. The van der Waals surface area contributed by atoms with Crippen molar-refractivity contribution < 1.29 is 0 Å². The molecule has 132 valence electrons. The van der Waals surface area contributed by atoms with E-state index in [-0.39, 0.29) is 5.56 Å². The van der Waals surface area contributed by atoms with E-state index in [0.29, 0.717) is 12.6 Å². The van der Waals surface area contributed by atoms with Crippen molar-refractivity contribution in [3.05, 3.63) is 69.1 Å². The van der Waals surface area contributed by atoms with Crippen molar-refractivity contribution >= 4 is 0 Å². The van der Waals surface area contributed by atoms with Gasteiger partial charge in [0.2, 0.25) is 0 Å². The average molecular weight is 337 g/mol. The molecule has 1 fully saturated rings. The lowest BCUT2D eigenvalue weighted by Crippen LogP contribution is -2.42. The predicted octanol–water partition coefficient (Wildman–Crippen LogP) is 2.62. The number of benzene rings is 1. The van der Waals surface area contributed by atoms with Crippen LogP contribution in [-0.2, 0) is 25.9 Å². The average Bonchev–Trinajstić information content (AvgIpc) is 3.09. The van der Waals surface area contributed by atoms with Crippen molar-refractivity contribution in [2.45, 2.75) is 51.2 Å². The van der Waals surface area contributed by atoms with E-state index < -0.39 is 0 Å². The van der Waals surface area contributed by atoms with Gasteiger partial charge in [-0.05, 0) is 62.4 Å². The number of H-pyrrole nitrogens is 1. The molecule has 4 heteroatoms. The number of aromatic amines is 1. The number of nitrogens with zero attached hydrogens (tertiary/aromatic N) is 1. The number of pyridine rings is 1. The number of hydrogen-bond acceptors (Lipinski definition) is 3. The highest BCUT2D eigenvalue weighted by Crippen LogP contribution is 2.19. The number of rotatable bonds is 5. The maximum atomic E-state index is 12.2. The summed E-state index contributed by atoms with van der Waals surface area (Å²) in [5, 5.41) is 3.61. The van der Waals surface area contributed by atoms with Crippen LogP contribution in [0.3, 0.4) is 0 Å². The maximum Gasteiger partial charge on any atom is 0.252 e. The van der Waals surface area contributed by atoms with Crippen LogP contribution in [0.25, 0.3) is 0 Å². The molecular formula is C21H27N3O. The molecule has 2 N–H and O–H groups in total. The number of hydrogen-bond donors (Lipinski definition) is 2. The molecule has 1 aromatic carbocycles. The fraction of sp³-hybridized carbons (Fsp3) is 0.476. The molecule has 2 aliphatic rings. The quantitative estimate of drug-likeness (QED) is 0.882. The van der Waals surface area contributed by atoms with E-state index in [9.17, 15) is 4.79 Å². The van der Waals surface area contributed by atoms with Gasteiger partial charge < -0.3 is 10.3 Å². The zero-order chi connectivity index (χ0) is 17.1.